The molecule has 0 aliphatic rings. The highest BCUT2D eigenvalue weighted by Gasteiger charge is 2.27. The summed E-state index contributed by atoms with van der Waals surface area (Å²) in [5.41, 5.74) is 3.47. The van der Waals surface area contributed by atoms with E-state index in [1.165, 1.54) is 12.1 Å². The van der Waals surface area contributed by atoms with Gasteiger partial charge >= 0.3 is 6.16 Å². The van der Waals surface area contributed by atoms with Gasteiger partial charge in [0.1, 0.15) is 35.4 Å². The Kier molecular flexibility index (Phi) is 12.0. The van der Waals surface area contributed by atoms with Crippen molar-refractivity contribution in [2.45, 2.75) is 77.4 Å². The summed E-state index contributed by atoms with van der Waals surface area (Å²) in [4.78, 5) is 38.9. The van der Waals surface area contributed by atoms with Gasteiger partial charge in [0, 0.05) is 35.8 Å². The standard InChI is InChI=1S/C39H40F2O5/c1-5-31(23-37(42)25(3)29-17-19-33(35(40)21-29)27-13-9-7-10-14-27)45-39(44)46-32(6-2)24-38(43)26(4)30-18-20-34(36(41)22-30)28-15-11-8-12-16-28/h7-22,25-26,31-32H,5-6,23-24H2,1-4H3. The molecule has 4 rings (SSSR count). The summed E-state index contributed by atoms with van der Waals surface area (Å²) in [6.45, 7) is 6.97. The summed E-state index contributed by atoms with van der Waals surface area (Å²) in [6.07, 6.45) is -1.84. The molecule has 4 aromatic rings. The van der Waals surface area contributed by atoms with Crippen molar-refractivity contribution in [1.82, 2.24) is 0 Å². The van der Waals surface area contributed by atoms with Crippen LogP contribution in [0.2, 0.25) is 0 Å². The molecule has 7 heteroatoms. The Balaban J connectivity index is 1.31. The normalized spacial score (nSPS) is 13.7. The number of halogens is 2. The first-order chi connectivity index (χ1) is 22.1. The molecule has 0 radical (unpaired) electrons. The topological polar surface area (TPSA) is 69.7 Å². The Morgan fingerprint density at radius 3 is 1.28 bits per heavy atom. The Hall–Kier alpha value is -4.65. The zero-order valence-electron chi connectivity index (χ0n) is 26.7. The third-order valence-electron chi connectivity index (χ3n) is 8.42. The van der Waals surface area contributed by atoms with Gasteiger partial charge in [-0.25, -0.2) is 13.6 Å². The minimum atomic E-state index is -0.962. The zero-order chi connectivity index (χ0) is 33.2. The lowest BCUT2D eigenvalue weighted by molar-refractivity contribution is -0.123. The average molecular weight is 627 g/mol. The van der Waals surface area contributed by atoms with Gasteiger partial charge < -0.3 is 9.47 Å². The third kappa shape index (κ3) is 8.75. The molecule has 0 aromatic heterocycles. The minimum absolute atomic E-state index is 0.0634. The van der Waals surface area contributed by atoms with Gasteiger partial charge in [-0.2, -0.15) is 0 Å². The fraction of sp³-hybridized carbons (Fsp3) is 0.308. The second-order valence-corrected chi connectivity index (χ2v) is 11.5. The van der Waals surface area contributed by atoms with Crippen molar-refractivity contribution in [3.8, 4) is 22.3 Å². The summed E-state index contributed by atoms with van der Waals surface area (Å²) in [6, 6.07) is 27.9. The second-order valence-electron chi connectivity index (χ2n) is 11.5. The largest absolute Gasteiger partial charge is 0.508 e. The fourth-order valence-electron chi connectivity index (χ4n) is 5.32. The first-order valence-electron chi connectivity index (χ1n) is 15.7. The highest BCUT2D eigenvalue weighted by molar-refractivity contribution is 5.87. The molecule has 0 N–H and O–H groups in total. The number of carbonyl (C=O) groups is 3. The summed E-state index contributed by atoms with van der Waals surface area (Å²) in [5, 5.41) is 0. The van der Waals surface area contributed by atoms with Crippen LogP contribution in [-0.4, -0.2) is 29.9 Å². The van der Waals surface area contributed by atoms with E-state index in [9.17, 15) is 23.2 Å². The number of rotatable bonds is 14. The lowest BCUT2D eigenvalue weighted by atomic mass is 9.91. The molecule has 4 atom stereocenters. The van der Waals surface area contributed by atoms with E-state index in [1.807, 2.05) is 60.7 Å². The molecular formula is C39H40F2O5. The van der Waals surface area contributed by atoms with Gasteiger partial charge in [-0.05, 0) is 47.2 Å². The van der Waals surface area contributed by atoms with Crippen molar-refractivity contribution in [3.05, 3.63) is 120 Å². The molecule has 0 spiro atoms. The average Bonchev–Trinajstić information content (AvgIpc) is 3.07. The molecule has 4 aromatic carbocycles. The smallest absolute Gasteiger partial charge is 0.431 e. The molecule has 46 heavy (non-hydrogen) atoms. The lowest BCUT2D eigenvalue weighted by Crippen LogP contribution is -2.28. The maximum Gasteiger partial charge on any atom is 0.508 e. The summed E-state index contributed by atoms with van der Waals surface area (Å²) < 4.78 is 40.8. The monoisotopic (exact) mass is 626 g/mol. The van der Waals surface area contributed by atoms with Crippen molar-refractivity contribution in [3.63, 3.8) is 0 Å². The first-order valence-corrected chi connectivity index (χ1v) is 15.7. The van der Waals surface area contributed by atoms with Gasteiger partial charge in [-0.1, -0.05) is 113 Å². The van der Waals surface area contributed by atoms with E-state index in [1.54, 1.807) is 52.0 Å². The van der Waals surface area contributed by atoms with Crippen molar-refractivity contribution in [1.29, 1.82) is 0 Å². The van der Waals surface area contributed by atoms with Crippen LogP contribution in [0.5, 0.6) is 0 Å². The zero-order valence-corrected chi connectivity index (χ0v) is 26.7. The number of Topliss-reactive ketones (excluding diaryl/α,β-unsaturated/α-hetero) is 2. The maximum absolute atomic E-state index is 14.9. The lowest BCUT2D eigenvalue weighted by Gasteiger charge is -2.21. The molecule has 0 aliphatic carbocycles. The van der Waals surface area contributed by atoms with E-state index < -0.39 is 41.8 Å². The first kappa shape index (κ1) is 34.2. The van der Waals surface area contributed by atoms with E-state index in [4.69, 9.17) is 9.47 Å². The number of ether oxygens (including phenoxy) is 2. The van der Waals surface area contributed by atoms with Crippen molar-refractivity contribution < 1.29 is 32.6 Å². The molecule has 0 saturated heterocycles. The predicted molar refractivity (Wildman–Crippen MR) is 175 cm³/mol. The van der Waals surface area contributed by atoms with Crippen LogP contribution in [0.25, 0.3) is 22.3 Å². The van der Waals surface area contributed by atoms with Gasteiger partial charge in [-0.3, -0.25) is 9.59 Å². The van der Waals surface area contributed by atoms with Gasteiger partial charge in [0.2, 0.25) is 0 Å². The number of benzene rings is 4. The van der Waals surface area contributed by atoms with Gasteiger partial charge in [0.25, 0.3) is 0 Å². The van der Waals surface area contributed by atoms with Gasteiger partial charge in [0.15, 0.2) is 0 Å². The summed E-state index contributed by atoms with van der Waals surface area (Å²) in [7, 11) is 0. The van der Waals surface area contributed by atoms with Crippen LogP contribution in [0.15, 0.2) is 97.1 Å². The van der Waals surface area contributed by atoms with E-state index in [-0.39, 0.29) is 24.4 Å². The van der Waals surface area contributed by atoms with E-state index in [0.717, 1.165) is 11.1 Å². The number of hydrogen-bond acceptors (Lipinski definition) is 5. The van der Waals surface area contributed by atoms with Crippen LogP contribution in [0, 0.1) is 11.6 Å². The van der Waals surface area contributed by atoms with Crippen LogP contribution >= 0.6 is 0 Å². The Labute approximate surface area is 269 Å². The van der Waals surface area contributed by atoms with Crippen LogP contribution < -0.4 is 0 Å². The maximum atomic E-state index is 14.9. The molecule has 0 amide bonds. The third-order valence-corrected chi connectivity index (χ3v) is 8.42. The summed E-state index contributed by atoms with van der Waals surface area (Å²) >= 11 is 0. The molecule has 0 aliphatic heterocycles. The molecule has 0 saturated carbocycles. The molecular weight excluding hydrogens is 586 g/mol. The summed E-state index contributed by atoms with van der Waals surface area (Å²) in [5.74, 6) is -2.46. The van der Waals surface area contributed by atoms with Gasteiger partial charge in [-0.15, -0.1) is 0 Å². The number of hydrogen-bond donors (Lipinski definition) is 0. The van der Waals surface area contributed by atoms with E-state index in [0.29, 0.717) is 35.1 Å². The predicted octanol–water partition coefficient (Wildman–Crippen LogP) is 9.83. The van der Waals surface area contributed by atoms with Crippen LogP contribution in [0.1, 0.15) is 76.3 Å². The van der Waals surface area contributed by atoms with E-state index >= 15 is 0 Å². The Morgan fingerprint density at radius 1 is 0.587 bits per heavy atom. The van der Waals surface area contributed by atoms with Crippen LogP contribution in [0.3, 0.4) is 0 Å². The second kappa shape index (κ2) is 16.1. The van der Waals surface area contributed by atoms with Crippen LogP contribution in [-0.2, 0) is 19.1 Å². The highest BCUT2D eigenvalue weighted by Crippen LogP contribution is 2.29. The molecule has 0 bridgehead atoms. The highest BCUT2D eigenvalue weighted by atomic mass is 19.1. The molecule has 4 unspecified atom stereocenters. The van der Waals surface area contributed by atoms with Crippen molar-refractivity contribution in [2.75, 3.05) is 0 Å². The molecule has 0 heterocycles. The molecule has 5 nitrogen and oxygen atoms in total. The molecule has 0 fully saturated rings. The quantitative estimate of drug-likeness (QED) is 0.130. The number of ketones is 2. The SMILES string of the molecule is CCC(CC(=O)C(C)c1ccc(-c2ccccc2)c(F)c1)OC(=O)OC(CC)CC(=O)C(C)c1ccc(-c2ccccc2)c(F)c1. The van der Waals surface area contributed by atoms with Crippen LogP contribution in [0.4, 0.5) is 13.6 Å². The fourth-order valence-corrected chi connectivity index (χ4v) is 5.32. The molecule has 240 valence electrons. The van der Waals surface area contributed by atoms with E-state index in [2.05, 4.69) is 0 Å². The number of carbonyl (C=O) groups excluding carboxylic acids is 3. The van der Waals surface area contributed by atoms with Crippen molar-refractivity contribution in [2.24, 2.45) is 0 Å². The Morgan fingerprint density at radius 2 is 0.957 bits per heavy atom. The van der Waals surface area contributed by atoms with Crippen molar-refractivity contribution >= 4 is 17.7 Å². The Bertz CT molecular complexity index is 1520. The van der Waals surface area contributed by atoms with Gasteiger partial charge in [0.05, 0.1) is 0 Å². The minimum Gasteiger partial charge on any atom is -0.431 e.